The van der Waals surface area contributed by atoms with Crippen molar-refractivity contribution in [2.45, 2.75) is 26.3 Å². The zero-order chi connectivity index (χ0) is 19.7. The molecule has 1 heterocycles. The van der Waals surface area contributed by atoms with Crippen LogP contribution in [0.1, 0.15) is 30.6 Å². The van der Waals surface area contributed by atoms with E-state index >= 15 is 0 Å². The van der Waals surface area contributed by atoms with E-state index in [0.29, 0.717) is 5.69 Å². The molecule has 1 aliphatic rings. The molecule has 0 radical (unpaired) electrons. The van der Waals surface area contributed by atoms with Crippen LogP contribution in [-0.4, -0.2) is 28.7 Å². The Morgan fingerprint density at radius 1 is 1.07 bits per heavy atom. The summed E-state index contributed by atoms with van der Waals surface area (Å²) < 4.78 is 0. The molecule has 0 spiro atoms. The van der Waals surface area contributed by atoms with Gasteiger partial charge >= 0.3 is 0 Å². The lowest BCUT2D eigenvalue weighted by molar-refractivity contribution is -0.385. The van der Waals surface area contributed by atoms with E-state index < -0.39 is 22.8 Å². The molecule has 0 bridgehead atoms. The van der Waals surface area contributed by atoms with Crippen LogP contribution in [0.2, 0.25) is 0 Å². The van der Waals surface area contributed by atoms with Gasteiger partial charge in [-0.15, -0.1) is 0 Å². The molecule has 1 atom stereocenters. The molecule has 0 N–H and O–H groups in total. The summed E-state index contributed by atoms with van der Waals surface area (Å²) in [6, 6.07) is 11.6. The van der Waals surface area contributed by atoms with Crippen molar-refractivity contribution in [1.29, 1.82) is 0 Å². The van der Waals surface area contributed by atoms with Gasteiger partial charge in [0.2, 0.25) is 11.8 Å². The Morgan fingerprint density at radius 3 is 2.30 bits per heavy atom. The highest BCUT2D eigenvalue weighted by atomic mass is 16.6. The van der Waals surface area contributed by atoms with Crippen LogP contribution in [0.15, 0.2) is 48.5 Å². The fraction of sp³-hybridized carbons (Fsp3) is 0.211. The molecule has 0 aromatic heterocycles. The van der Waals surface area contributed by atoms with E-state index in [-0.39, 0.29) is 29.3 Å². The molecule has 1 unspecified atom stereocenters. The van der Waals surface area contributed by atoms with E-state index in [1.165, 1.54) is 36.1 Å². The number of carbonyl (C=O) groups is 3. The van der Waals surface area contributed by atoms with Gasteiger partial charge in [0.1, 0.15) is 5.56 Å². The van der Waals surface area contributed by atoms with Crippen LogP contribution in [0.4, 0.5) is 17.1 Å². The second-order valence-electron chi connectivity index (χ2n) is 6.24. The van der Waals surface area contributed by atoms with Crippen molar-refractivity contribution in [3.8, 4) is 0 Å². The van der Waals surface area contributed by atoms with Gasteiger partial charge in [-0.05, 0) is 25.1 Å². The van der Waals surface area contributed by atoms with Crippen molar-refractivity contribution in [3.63, 3.8) is 0 Å². The van der Waals surface area contributed by atoms with Crippen molar-refractivity contribution in [2.24, 2.45) is 0 Å². The van der Waals surface area contributed by atoms with Gasteiger partial charge in [-0.3, -0.25) is 24.5 Å². The third kappa shape index (κ3) is 3.17. The lowest BCUT2D eigenvalue weighted by Gasteiger charge is -2.26. The fourth-order valence-corrected chi connectivity index (χ4v) is 3.30. The molecule has 0 fully saturated rings. The van der Waals surface area contributed by atoms with Crippen molar-refractivity contribution >= 4 is 34.8 Å². The number of carbonyl (C=O) groups excluding carboxylic acids is 3. The summed E-state index contributed by atoms with van der Waals surface area (Å²) >= 11 is 0. The number of para-hydroxylation sites is 3. The molecule has 0 aliphatic carbocycles. The van der Waals surface area contributed by atoms with Gasteiger partial charge in [0.15, 0.2) is 0 Å². The van der Waals surface area contributed by atoms with E-state index in [1.807, 2.05) is 0 Å². The monoisotopic (exact) mass is 367 g/mol. The van der Waals surface area contributed by atoms with Crippen LogP contribution in [0.5, 0.6) is 0 Å². The van der Waals surface area contributed by atoms with Gasteiger partial charge in [0.25, 0.3) is 11.6 Å². The predicted molar refractivity (Wildman–Crippen MR) is 98.6 cm³/mol. The van der Waals surface area contributed by atoms with E-state index in [9.17, 15) is 24.5 Å². The number of nitro groups is 1. The van der Waals surface area contributed by atoms with Crippen LogP contribution in [0, 0.1) is 10.1 Å². The van der Waals surface area contributed by atoms with Crippen LogP contribution in [0.25, 0.3) is 0 Å². The summed E-state index contributed by atoms with van der Waals surface area (Å²) in [4.78, 5) is 51.1. The maximum atomic E-state index is 13.1. The predicted octanol–water partition coefficient (Wildman–Crippen LogP) is 2.91. The maximum absolute atomic E-state index is 13.1. The average molecular weight is 367 g/mol. The lowest BCUT2D eigenvalue weighted by atomic mass is 10.1. The molecule has 138 valence electrons. The minimum atomic E-state index is -0.794. The van der Waals surface area contributed by atoms with E-state index in [4.69, 9.17) is 0 Å². The van der Waals surface area contributed by atoms with Crippen molar-refractivity contribution in [2.75, 3.05) is 9.80 Å². The zero-order valence-electron chi connectivity index (χ0n) is 14.8. The summed E-state index contributed by atoms with van der Waals surface area (Å²) in [5.41, 5.74) is 0.0727. The van der Waals surface area contributed by atoms with Crippen molar-refractivity contribution in [1.82, 2.24) is 0 Å². The topological polar surface area (TPSA) is 101 Å². The third-order valence-electron chi connectivity index (χ3n) is 4.42. The first kappa shape index (κ1) is 18.2. The number of nitro benzene ring substituents is 1. The molecule has 0 saturated carbocycles. The molecule has 27 heavy (non-hydrogen) atoms. The number of hydrogen-bond acceptors (Lipinski definition) is 5. The number of fused-ring (bicyclic) bond motifs is 1. The fourth-order valence-electron chi connectivity index (χ4n) is 3.30. The quantitative estimate of drug-likeness (QED) is 0.461. The highest BCUT2D eigenvalue weighted by Crippen LogP contribution is 2.36. The van der Waals surface area contributed by atoms with Crippen LogP contribution < -0.4 is 9.80 Å². The van der Waals surface area contributed by atoms with Gasteiger partial charge < -0.3 is 4.90 Å². The van der Waals surface area contributed by atoms with Gasteiger partial charge in [0.05, 0.1) is 16.3 Å². The molecular weight excluding hydrogens is 350 g/mol. The van der Waals surface area contributed by atoms with Gasteiger partial charge in [0, 0.05) is 25.5 Å². The number of amides is 3. The molecule has 2 aromatic rings. The van der Waals surface area contributed by atoms with Gasteiger partial charge in [-0.2, -0.15) is 0 Å². The minimum absolute atomic E-state index is 0.0827. The summed E-state index contributed by atoms with van der Waals surface area (Å²) in [5, 5.41) is 11.3. The Bertz CT molecular complexity index is 956. The molecule has 2 aromatic carbocycles. The first-order chi connectivity index (χ1) is 12.8. The first-order valence-electron chi connectivity index (χ1n) is 8.32. The first-order valence-corrected chi connectivity index (χ1v) is 8.32. The Hall–Kier alpha value is -3.55. The van der Waals surface area contributed by atoms with Crippen LogP contribution in [-0.2, 0) is 9.59 Å². The summed E-state index contributed by atoms with van der Waals surface area (Å²) in [6.45, 7) is 3.10. The Balaban J connectivity index is 2.19. The van der Waals surface area contributed by atoms with Crippen LogP contribution >= 0.6 is 0 Å². The third-order valence-corrected chi connectivity index (χ3v) is 4.42. The maximum Gasteiger partial charge on any atom is 0.282 e. The van der Waals surface area contributed by atoms with Crippen molar-refractivity contribution in [3.05, 3.63) is 64.2 Å². The van der Waals surface area contributed by atoms with Gasteiger partial charge in [-0.25, -0.2) is 4.90 Å². The smallest absolute Gasteiger partial charge is 0.282 e. The zero-order valence-corrected chi connectivity index (χ0v) is 14.8. The Labute approximate surface area is 155 Å². The Morgan fingerprint density at radius 2 is 1.67 bits per heavy atom. The largest absolute Gasteiger partial charge is 0.307 e. The second kappa shape index (κ2) is 6.99. The van der Waals surface area contributed by atoms with E-state index in [1.54, 1.807) is 31.2 Å². The number of nitrogens with zero attached hydrogens (tertiary/aromatic N) is 3. The van der Waals surface area contributed by atoms with E-state index in [2.05, 4.69) is 0 Å². The number of rotatable bonds is 2. The summed E-state index contributed by atoms with van der Waals surface area (Å²) in [7, 11) is 0. The molecule has 8 heteroatoms. The van der Waals surface area contributed by atoms with Gasteiger partial charge in [-0.1, -0.05) is 24.3 Å². The number of hydrogen-bond donors (Lipinski definition) is 0. The molecular formula is C19H17N3O5. The van der Waals surface area contributed by atoms with Crippen molar-refractivity contribution < 1.29 is 19.3 Å². The molecule has 3 amide bonds. The minimum Gasteiger partial charge on any atom is -0.307 e. The average Bonchev–Trinajstić information content (AvgIpc) is 2.73. The SMILES string of the molecule is CC(=O)N1c2ccccc2N(C(=O)c2ccccc2[N+](=O)[O-])C(=O)CC1C. The standard InChI is InChI=1S/C19H17N3O5/c1-12-11-18(24)21(17-10-6-5-9-16(17)20(12)13(2)23)19(25)14-7-3-4-8-15(14)22(26)27/h3-10,12H,11H2,1-2H3. The number of anilines is 2. The number of benzene rings is 2. The Kier molecular flexibility index (Phi) is 4.72. The summed E-state index contributed by atoms with van der Waals surface area (Å²) in [6.07, 6.45) is -0.0827. The second-order valence-corrected chi connectivity index (χ2v) is 6.24. The molecule has 3 rings (SSSR count). The normalized spacial score (nSPS) is 16.5. The molecule has 0 saturated heterocycles. The van der Waals surface area contributed by atoms with E-state index in [0.717, 1.165) is 4.90 Å². The molecule has 8 nitrogen and oxygen atoms in total. The number of imide groups is 1. The summed E-state index contributed by atoms with van der Waals surface area (Å²) in [5.74, 6) is -1.58. The van der Waals surface area contributed by atoms with Crippen LogP contribution in [0.3, 0.4) is 0 Å². The molecule has 1 aliphatic heterocycles. The lowest BCUT2D eigenvalue weighted by Crippen LogP contribution is -2.39. The highest BCUT2D eigenvalue weighted by Gasteiger charge is 2.37. The highest BCUT2D eigenvalue weighted by molar-refractivity contribution is 6.25.